The van der Waals surface area contributed by atoms with E-state index in [0.29, 0.717) is 17.2 Å². The molecule has 2 rings (SSSR count). The molecule has 7 heteroatoms. The summed E-state index contributed by atoms with van der Waals surface area (Å²) in [4.78, 5) is 35.7. The normalized spacial score (nSPS) is 16.6. The molecule has 0 radical (unpaired) electrons. The fourth-order valence-corrected chi connectivity index (χ4v) is 2.64. The second kappa shape index (κ2) is 6.45. The van der Waals surface area contributed by atoms with Crippen molar-refractivity contribution in [2.24, 2.45) is 5.73 Å². The molecule has 0 unspecified atom stereocenters. The van der Waals surface area contributed by atoms with Crippen LogP contribution in [0.4, 0.5) is 4.79 Å². The second-order valence-electron chi connectivity index (χ2n) is 4.25. The SMILES string of the molecule is CCN1C(=O)S/C(=C\c2ccc(OCC(N)=O)cc2)C1=O. The summed E-state index contributed by atoms with van der Waals surface area (Å²) >= 11 is 0.926. The van der Waals surface area contributed by atoms with E-state index in [2.05, 4.69) is 0 Å². The van der Waals surface area contributed by atoms with Crippen LogP contribution in [0, 0.1) is 0 Å². The van der Waals surface area contributed by atoms with Gasteiger partial charge in [0.2, 0.25) is 0 Å². The summed E-state index contributed by atoms with van der Waals surface area (Å²) < 4.78 is 5.14. The topological polar surface area (TPSA) is 89.7 Å². The van der Waals surface area contributed by atoms with E-state index in [9.17, 15) is 14.4 Å². The third-order valence-electron chi connectivity index (χ3n) is 2.75. The van der Waals surface area contributed by atoms with Gasteiger partial charge in [-0.2, -0.15) is 0 Å². The van der Waals surface area contributed by atoms with Gasteiger partial charge in [-0.25, -0.2) is 0 Å². The van der Waals surface area contributed by atoms with Gasteiger partial charge >= 0.3 is 0 Å². The lowest BCUT2D eigenvalue weighted by Gasteiger charge is -2.07. The highest BCUT2D eigenvalue weighted by Crippen LogP contribution is 2.32. The molecule has 0 aliphatic carbocycles. The average molecular weight is 306 g/mol. The van der Waals surface area contributed by atoms with Crippen LogP contribution in [0.2, 0.25) is 0 Å². The summed E-state index contributed by atoms with van der Waals surface area (Å²) in [6, 6.07) is 6.80. The van der Waals surface area contributed by atoms with Crippen LogP contribution >= 0.6 is 11.8 Å². The highest BCUT2D eigenvalue weighted by molar-refractivity contribution is 8.18. The molecule has 1 aromatic carbocycles. The number of rotatable bonds is 5. The third kappa shape index (κ3) is 3.63. The van der Waals surface area contributed by atoms with Crippen LogP contribution in [-0.4, -0.2) is 35.1 Å². The first-order chi connectivity index (χ1) is 10.0. The first kappa shape index (κ1) is 15.1. The molecule has 0 atom stereocenters. The lowest BCUT2D eigenvalue weighted by molar-refractivity contribution is -0.122. The van der Waals surface area contributed by atoms with Crippen molar-refractivity contribution in [2.45, 2.75) is 6.92 Å². The van der Waals surface area contributed by atoms with Crippen LogP contribution in [0.5, 0.6) is 5.75 Å². The van der Waals surface area contributed by atoms with Crippen LogP contribution in [0.15, 0.2) is 29.2 Å². The number of thioether (sulfide) groups is 1. The smallest absolute Gasteiger partial charge is 0.293 e. The summed E-state index contributed by atoms with van der Waals surface area (Å²) in [5.74, 6) is -0.318. The van der Waals surface area contributed by atoms with Gasteiger partial charge < -0.3 is 10.5 Å². The molecular formula is C14H14N2O4S. The van der Waals surface area contributed by atoms with E-state index in [1.807, 2.05) is 0 Å². The highest BCUT2D eigenvalue weighted by atomic mass is 32.2. The number of ether oxygens (including phenoxy) is 1. The third-order valence-corrected chi connectivity index (χ3v) is 3.66. The Kier molecular flexibility index (Phi) is 4.64. The molecule has 1 aliphatic heterocycles. The number of carbonyl (C=O) groups excluding carboxylic acids is 3. The number of nitrogens with two attached hydrogens (primary N) is 1. The number of imide groups is 1. The van der Waals surface area contributed by atoms with Gasteiger partial charge in [0, 0.05) is 6.54 Å². The predicted molar refractivity (Wildman–Crippen MR) is 79.5 cm³/mol. The predicted octanol–water partition coefficient (Wildman–Crippen LogP) is 1.61. The monoisotopic (exact) mass is 306 g/mol. The van der Waals surface area contributed by atoms with Crippen molar-refractivity contribution >= 4 is 34.9 Å². The molecule has 3 amide bonds. The molecule has 1 aliphatic rings. The van der Waals surface area contributed by atoms with Crippen molar-refractivity contribution in [1.29, 1.82) is 0 Å². The molecule has 0 bridgehead atoms. The average Bonchev–Trinajstić information content (AvgIpc) is 2.72. The van der Waals surface area contributed by atoms with Gasteiger partial charge in [0.1, 0.15) is 5.75 Å². The van der Waals surface area contributed by atoms with E-state index >= 15 is 0 Å². The number of carbonyl (C=O) groups is 3. The lowest BCUT2D eigenvalue weighted by Crippen LogP contribution is -2.27. The van der Waals surface area contributed by atoms with E-state index in [-0.39, 0.29) is 17.8 Å². The fourth-order valence-electron chi connectivity index (χ4n) is 1.74. The summed E-state index contributed by atoms with van der Waals surface area (Å²) in [5, 5.41) is -0.254. The van der Waals surface area contributed by atoms with Crippen LogP contribution in [-0.2, 0) is 9.59 Å². The van der Waals surface area contributed by atoms with Crippen LogP contribution in [0.1, 0.15) is 12.5 Å². The summed E-state index contributed by atoms with van der Waals surface area (Å²) in [7, 11) is 0. The van der Waals surface area contributed by atoms with Gasteiger partial charge in [0.25, 0.3) is 17.1 Å². The molecule has 1 heterocycles. The Labute approximate surface area is 125 Å². The minimum Gasteiger partial charge on any atom is -0.484 e. The van der Waals surface area contributed by atoms with Crippen LogP contribution < -0.4 is 10.5 Å². The van der Waals surface area contributed by atoms with Gasteiger partial charge in [-0.3, -0.25) is 19.3 Å². The molecular weight excluding hydrogens is 292 g/mol. The van der Waals surface area contributed by atoms with Gasteiger partial charge in [0.05, 0.1) is 4.91 Å². The van der Waals surface area contributed by atoms with E-state index in [4.69, 9.17) is 10.5 Å². The standard InChI is InChI=1S/C14H14N2O4S/c1-2-16-13(18)11(21-14(16)19)7-9-3-5-10(6-4-9)20-8-12(15)17/h3-7H,2,8H2,1H3,(H2,15,17)/b11-7-. The first-order valence-electron chi connectivity index (χ1n) is 6.27. The Hall–Kier alpha value is -2.28. The van der Waals surface area contributed by atoms with Crippen LogP contribution in [0.25, 0.3) is 6.08 Å². The van der Waals surface area contributed by atoms with E-state index in [1.165, 1.54) is 4.90 Å². The molecule has 1 fully saturated rings. The summed E-state index contributed by atoms with van der Waals surface area (Å²) in [6.45, 7) is 1.93. The Balaban J connectivity index is 2.09. The molecule has 0 aromatic heterocycles. The van der Waals surface area contributed by atoms with E-state index in [1.54, 1.807) is 37.3 Å². The molecule has 1 saturated heterocycles. The maximum absolute atomic E-state index is 11.9. The Morgan fingerprint density at radius 1 is 1.33 bits per heavy atom. The Bertz CT molecular complexity index is 610. The van der Waals surface area contributed by atoms with Crippen LogP contribution in [0.3, 0.4) is 0 Å². The zero-order chi connectivity index (χ0) is 15.4. The summed E-state index contributed by atoms with van der Waals surface area (Å²) in [6.07, 6.45) is 1.65. The van der Waals surface area contributed by atoms with Crippen molar-refractivity contribution in [3.05, 3.63) is 34.7 Å². The lowest BCUT2D eigenvalue weighted by atomic mass is 10.2. The maximum Gasteiger partial charge on any atom is 0.293 e. The molecule has 2 N–H and O–H groups in total. The van der Waals surface area contributed by atoms with Gasteiger partial charge in [-0.1, -0.05) is 12.1 Å². The Morgan fingerprint density at radius 3 is 2.52 bits per heavy atom. The fraction of sp³-hybridized carbons (Fsp3) is 0.214. The van der Waals surface area contributed by atoms with Crippen molar-refractivity contribution < 1.29 is 19.1 Å². The van der Waals surface area contributed by atoms with Crippen molar-refractivity contribution in [1.82, 2.24) is 4.90 Å². The first-order valence-corrected chi connectivity index (χ1v) is 7.09. The highest BCUT2D eigenvalue weighted by Gasteiger charge is 2.33. The number of hydrogen-bond acceptors (Lipinski definition) is 5. The minimum absolute atomic E-state index is 0.186. The minimum atomic E-state index is -0.549. The molecule has 0 spiro atoms. The number of amides is 3. The second-order valence-corrected chi connectivity index (χ2v) is 5.24. The maximum atomic E-state index is 11.9. The quantitative estimate of drug-likeness (QED) is 0.835. The number of likely N-dealkylation sites (N-methyl/N-ethyl adjacent to an activating group) is 1. The van der Waals surface area contributed by atoms with Crippen molar-refractivity contribution in [3.63, 3.8) is 0 Å². The molecule has 110 valence electrons. The zero-order valence-corrected chi connectivity index (χ0v) is 12.2. The number of nitrogens with zero attached hydrogens (tertiary/aromatic N) is 1. The van der Waals surface area contributed by atoms with Crippen molar-refractivity contribution in [3.8, 4) is 5.75 Å². The number of hydrogen-bond donors (Lipinski definition) is 1. The molecule has 21 heavy (non-hydrogen) atoms. The Morgan fingerprint density at radius 2 is 2.00 bits per heavy atom. The van der Waals surface area contributed by atoms with E-state index < -0.39 is 5.91 Å². The van der Waals surface area contributed by atoms with Gasteiger partial charge in [-0.15, -0.1) is 0 Å². The van der Waals surface area contributed by atoms with Crippen molar-refractivity contribution in [2.75, 3.05) is 13.2 Å². The molecule has 1 aromatic rings. The number of primary amides is 1. The van der Waals surface area contributed by atoms with Gasteiger partial charge in [-0.05, 0) is 42.5 Å². The summed E-state index contributed by atoms with van der Waals surface area (Å²) in [5.41, 5.74) is 5.75. The molecule has 6 nitrogen and oxygen atoms in total. The van der Waals surface area contributed by atoms with E-state index in [0.717, 1.165) is 17.3 Å². The van der Waals surface area contributed by atoms with Gasteiger partial charge in [0.15, 0.2) is 6.61 Å². The zero-order valence-electron chi connectivity index (χ0n) is 11.4. The largest absolute Gasteiger partial charge is 0.484 e. The molecule has 0 saturated carbocycles. The number of benzene rings is 1.